The van der Waals surface area contributed by atoms with Crippen molar-refractivity contribution in [3.8, 4) is 0 Å². The van der Waals surface area contributed by atoms with Gasteiger partial charge in [0.2, 0.25) is 0 Å². The highest BCUT2D eigenvalue weighted by Gasteiger charge is 2.41. The van der Waals surface area contributed by atoms with Crippen LogP contribution in [0.2, 0.25) is 0 Å². The maximum Gasteiger partial charge on any atom is 0.251 e. The first-order valence-corrected chi connectivity index (χ1v) is 8.05. The third-order valence-corrected chi connectivity index (χ3v) is 5.30. The molecule has 1 amide bonds. The van der Waals surface area contributed by atoms with E-state index in [-0.39, 0.29) is 29.4 Å². The van der Waals surface area contributed by atoms with Crippen LogP contribution in [-0.2, 0) is 14.6 Å². The summed E-state index contributed by atoms with van der Waals surface area (Å²) in [4.78, 5) is 12.2. The van der Waals surface area contributed by atoms with E-state index in [0.29, 0.717) is 19.4 Å². The second-order valence-electron chi connectivity index (χ2n) is 4.96. The Hall–Kier alpha value is -0.950. The lowest BCUT2D eigenvalue weighted by atomic mass is 9.98. The summed E-state index contributed by atoms with van der Waals surface area (Å²) >= 11 is 0. The lowest BCUT2D eigenvalue weighted by molar-refractivity contribution is -0.133. The van der Waals surface area contributed by atoms with Gasteiger partial charge >= 0.3 is 0 Å². The number of carbonyl (C=O) groups is 1. The molecule has 0 radical (unpaired) electrons. The van der Waals surface area contributed by atoms with Gasteiger partial charge in [0.15, 0.2) is 9.84 Å². The van der Waals surface area contributed by atoms with Crippen molar-refractivity contribution in [1.29, 1.82) is 0 Å². The average Bonchev–Trinajstić information content (AvgIpc) is 2.78. The molecule has 102 valence electrons. The fourth-order valence-electron chi connectivity index (χ4n) is 2.51. The van der Waals surface area contributed by atoms with E-state index >= 15 is 0 Å². The zero-order valence-electron chi connectivity index (χ0n) is 10.5. The summed E-state index contributed by atoms with van der Waals surface area (Å²) in [5.74, 6) is -0.0808. The van der Waals surface area contributed by atoms with Gasteiger partial charge in [-0.1, -0.05) is 0 Å². The van der Waals surface area contributed by atoms with Gasteiger partial charge in [0, 0.05) is 5.71 Å². The van der Waals surface area contributed by atoms with Gasteiger partial charge < -0.3 is 5.73 Å². The van der Waals surface area contributed by atoms with Crippen LogP contribution in [0.4, 0.5) is 0 Å². The standard InChI is InChI=1S/C11H19N3O3S/c1-8-10(3-2-5-12)11(15)14(13-8)9-4-6-18(16,17)7-9/h9-10H,2-7,12H2,1H3. The first-order valence-electron chi connectivity index (χ1n) is 6.23. The Balaban J connectivity index is 2.06. The van der Waals surface area contributed by atoms with Crippen molar-refractivity contribution in [2.24, 2.45) is 16.8 Å². The summed E-state index contributed by atoms with van der Waals surface area (Å²) in [6.07, 6.45) is 1.97. The quantitative estimate of drug-likeness (QED) is 0.764. The molecular weight excluding hydrogens is 254 g/mol. The number of hydrogen-bond acceptors (Lipinski definition) is 5. The molecule has 1 fully saturated rings. The summed E-state index contributed by atoms with van der Waals surface area (Å²) in [7, 11) is -2.99. The molecule has 2 unspecified atom stereocenters. The topological polar surface area (TPSA) is 92.8 Å². The Bertz CT molecular complexity index is 472. The van der Waals surface area contributed by atoms with Gasteiger partial charge in [-0.2, -0.15) is 5.10 Å². The molecule has 7 heteroatoms. The predicted octanol–water partition coefficient (Wildman–Crippen LogP) is -0.253. The Morgan fingerprint density at radius 1 is 1.50 bits per heavy atom. The molecule has 2 atom stereocenters. The number of hydrogen-bond donors (Lipinski definition) is 1. The molecule has 0 aliphatic carbocycles. The normalized spacial score (nSPS) is 30.9. The van der Waals surface area contributed by atoms with E-state index in [1.807, 2.05) is 6.92 Å². The molecule has 2 aliphatic heterocycles. The lowest BCUT2D eigenvalue weighted by Gasteiger charge is -2.19. The largest absolute Gasteiger partial charge is 0.330 e. The molecule has 18 heavy (non-hydrogen) atoms. The van der Waals surface area contributed by atoms with Crippen LogP contribution in [0.25, 0.3) is 0 Å². The summed E-state index contributed by atoms with van der Waals surface area (Å²) in [5, 5.41) is 5.64. The van der Waals surface area contributed by atoms with Crippen LogP contribution >= 0.6 is 0 Å². The average molecular weight is 273 g/mol. The number of amides is 1. The molecule has 0 aromatic carbocycles. The van der Waals surface area contributed by atoms with Crippen molar-refractivity contribution in [1.82, 2.24) is 5.01 Å². The minimum absolute atomic E-state index is 0.0408. The van der Waals surface area contributed by atoms with Gasteiger partial charge in [-0.3, -0.25) is 4.79 Å². The third kappa shape index (κ3) is 2.56. The highest BCUT2D eigenvalue weighted by Crippen LogP contribution is 2.27. The summed E-state index contributed by atoms with van der Waals surface area (Å²) in [6.45, 7) is 2.37. The molecular formula is C11H19N3O3S. The second-order valence-corrected chi connectivity index (χ2v) is 7.19. The molecule has 0 spiro atoms. The molecule has 0 aromatic heterocycles. The van der Waals surface area contributed by atoms with Crippen LogP contribution < -0.4 is 5.73 Å². The van der Waals surface area contributed by atoms with E-state index in [1.54, 1.807) is 0 Å². The zero-order chi connectivity index (χ0) is 13.3. The molecule has 0 aromatic rings. The maximum atomic E-state index is 12.2. The van der Waals surface area contributed by atoms with Crippen molar-refractivity contribution < 1.29 is 13.2 Å². The van der Waals surface area contributed by atoms with Gasteiger partial charge in [0.1, 0.15) is 0 Å². The second kappa shape index (κ2) is 4.97. The molecule has 6 nitrogen and oxygen atoms in total. The van der Waals surface area contributed by atoms with Crippen LogP contribution in [0.3, 0.4) is 0 Å². The number of carbonyl (C=O) groups excluding carboxylic acids is 1. The van der Waals surface area contributed by atoms with Gasteiger partial charge in [0.25, 0.3) is 5.91 Å². The van der Waals surface area contributed by atoms with Crippen molar-refractivity contribution >= 4 is 21.5 Å². The maximum absolute atomic E-state index is 12.2. The number of sulfone groups is 1. The number of hydrazone groups is 1. The zero-order valence-corrected chi connectivity index (χ0v) is 11.3. The van der Waals surface area contributed by atoms with E-state index in [4.69, 9.17) is 5.73 Å². The number of rotatable bonds is 4. The minimum Gasteiger partial charge on any atom is -0.330 e. The van der Waals surface area contributed by atoms with E-state index < -0.39 is 9.84 Å². The van der Waals surface area contributed by atoms with E-state index in [0.717, 1.165) is 12.1 Å². The monoisotopic (exact) mass is 273 g/mol. The van der Waals surface area contributed by atoms with Gasteiger partial charge in [-0.25, -0.2) is 13.4 Å². The fourth-order valence-corrected chi connectivity index (χ4v) is 4.20. The van der Waals surface area contributed by atoms with Crippen molar-refractivity contribution in [3.63, 3.8) is 0 Å². The first kappa shape index (κ1) is 13.5. The molecule has 0 bridgehead atoms. The predicted molar refractivity (Wildman–Crippen MR) is 68.8 cm³/mol. The molecule has 0 saturated carbocycles. The van der Waals surface area contributed by atoms with Crippen LogP contribution in [0.15, 0.2) is 5.10 Å². The molecule has 2 heterocycles. The Morgan fingerprint density at radius 2 is 2.22 bits per heavy atom. The minimum atomic E-state index is -2.99. The number of nitrogens with two attached hydrogens (primary N) is 1. The summed E-state index contributed by atoms with van der Waals surface area (Å²) in [6, 6.07) is -0.277. The van der Waals surface area contributed by atoms with Gasteiger partial charge in [-0.05, 0) is 32.7 Å². The summed E-state index contributed by atoms with van der Waals surface area (Å²) in [5.41, 5.74) is 6.22. The molecule has 2 aliphatic rings. The van der Waals surface area contributed by atoms with E-state index in [9.17, 15) is 13.2 Å². The highest BCUT2D eigenvalue weighted by atomic mass is 32.2. The van der Waals surface area contributed by atoms with E-state index in [1.165, 1.54) is 5.01 Å². The van der Waals surface area contributed by atoms with E-state index in [2.05, 4.69) is 5.10 Å². The van der Waals surface area contributed by atoms with Gasteiger partial charge in [-0.15, -0.1) is 0 Å². The van der Waals surface area contributed by atoms with Crippen LogP contribution in [0, 0.1) is 5.92 Å². The first-order chi connectivity index (χ1) is 8.44. The van der Waals surface area contributed by atoms with Crippen LogP contribution in [0.5, 0.6) is 0 Å². The summed E-state index contributed by atoms with van der Waals surface area (Å²) < 4.78 is 22.9. The lowest BCUT2D eigenvalue weighted by Crippen LogP contribution is -2.36. The highest BCUT2D eigenvalue weighted by molar-refractivity contribution is 7.91. The van der Waals surface area contributed by atoms with Crippen LogP contribution in [-0.4, -0.2) is 49.1 Å². The number of nitrogens with zero attached hydrogens (tertiary/aromatic N) is 2. The molecule has 1 saturated heterocycles. The smallest absolute Gasteiger partial charge is 0.251 e. The Morgan fingerprint density at radius 3 is 2.78 bits per heavy atom. The molecule has 2 rings (SSSR count). The Kier molecular flexibility index (Phi) is 3.72. The van der Waals surface area contributed by atoms with Gasteiger partial charge in [0.05, 0.1) is 23.5 Å². The third-order valence-electron chi connectivity index (χ3n) is 3.54. The van der Waals surface area contributed by atoms with Crippen molar-refractivity contribution in [2.75, 3.05) is 18.1 Å². The fraction of sp³-hybridized carbons (Fsp3) is 0.818. The van der Waals surface area contributed by atoms with Crippen LogP contribution in [0.1, 0.15) is 26.2 Å². The van der Waals surface area contributed by atoms with Crippen molar-refractivity contribution in [2.45, 2.75) is 32.2 Å². The van der Waals surface area contributed by atoms with Crippen molar-refractivity contribution in [3.05, 3.63) is 0 Å². The molecule has 2 N–H and O–H groups in total. The SMILES string of the molecule is CC1=NN(C2CCS(=O)(=O)C2)C(=O)C1CCCN. The Labute approximate surface area is 107 Å².